The Bertz CT molecular complexity index is 382. The van der Waals surface area contributed by atoms with Crippen LogP contribution < -0.4 is 5.73 Å². The second-order valence-electron chi connectivity index (χ2n) is 3.63. The number of benzene rings is 1. The largest absolute Gasteiger partial charge is 0.335 e. The zero-order valence-corrected chi connectivity index (χ0v) is 9.42. The number of carbonyl (C=O) groups excluding carboxylic acids is 1. The minimum absolute atomic E-state index is 0.0684. The van der Waals surface area contributed by atoms with E-state index in [1.807, 2.05) is 0 Å². The highest BCUT2D eigenvalue weighted by molar-refractivity contribution is 6.35. The molecule has 1 saturated heterocycles. The molecule has 15 heavy (non-hydrogen) atoms. The molecule has 0 unspecified atom stereocenters. The number of rotatable bonds is 1. The zero-order chi connectivity index (χ0) is 11.0. The maximum atomic E-state index is 11.8. The lowest BCUT2D eigenvalue weighted by molar-refractivity contribution is 0.0608. The number of nitrogens with zero attached hydrogens (tertiary/aromatic N) is 1. The standard InChI is InChI=1S/C10H10Cl2N2O/c11-7-1-6(2-8(12)3-7)10(15)14-4-9(13)5-14/h1-3,9H,4-5,13H2. The second-order valence-corrected chi connectivity index (χ2v) is 4.50. The highest BCUT2D eigenvalue weighted by Gasteiger charge is 2.28. The van der Waals surface area contributed by atoms with Crippen LogP contribution in [-0.2, 0) is 0 Å². The molecule has 0 spiro atoms. The SMILES string of the molecule is NC1CN(C(=O)c2cc(Cl)cc(Cl)c2)C1. The third-order valence-electron chi connectivity index (χ3n) is 2.31. The van der Waals surface area contributed by atoms with Crippen LogP contribution in [0.2, 0.25) is 10.0 Å². The molecule has 0 atom stereocenters. The van der Waals surface area contributed by atoms with Gasteiger partial charge in [0.05, 0.1) is 0 Å². The van der Waals surface area contributed by atoms with E-state index in [1.54, 1.807) is 23.1 Å². The summed E-state index contributed by atoms with van der Waals surface area (Å²) in [6, 6.07) is 4.92. The molecule has 1 aliphatic rings. The van der Waals surface area contributed by atoms with E-state index in [9.17, 15) is 4.79 Å². The van der Waals surface area contributed by atoms with E-state index >= 15 is 0 Å². The summed E-state index contributed by atoms with van der Waals surface area (Å²) in [6.07, 6.45) is 0. The van der Waals surface area contributed by atoms with Crippen molar-refractivity contribution in [1.82, 2.24) is 4.90 Å². The Balaban J connectivity index is 2.18. The van der Waals surface area contributed by atoms with Gasteiger partial charge in [0.25, 0.3) is 5.91 Å². The topological polar surface area (TPSA) is 46.3 Å². The van der Waals surface area contributed by atoms with Gasteiger partial charge in [-0.25, -0.2) is 0 Å². The van der Waals surface area contributed by atoms with E-state index in [2.05, 4.69) is 0 Å². The van der Waals surface area contributed by atoms with E-state index in [-0.39, 0.29) is 11.9 Å². The molecular weight excluding hydrogens is 235 g/mol. The van der Waals surface area contributed by atoms with Crippen molar-refractivity contribution in [3.63, 3.8) is 0 Å². The molecule has 0 saturated carbocycles. The summed E-state index contributed by atoms with van der Waals surface area (Å²) in [7, 11) is 0. The average molecular weight is 245 g/mol. The van der Waals surface area contributed by atoms with E-state index in [4.69, 9.17) is 28.9 Å². The molecule has 5 heteroatoms. The van der Waals surface area contributed by atoms with Crippen molar-refractivity contribution in [3.05, 3.63) is 33.8 Å². The lowest BCUT2D eigenvalue weighted by Gasteiger charge is -2.36. The van der Waals surface area contributed by atoms with Gasteiger partial charge in [-0.15, -0.1) is 0 Å². The Labute approximate surface area is 97.8 Å². The number of carbonyl (C=O) groups is 1. The van der Waals surface area contributed by atoms with Gasteiger partial charge in [-0.3, -0.25) is 4.79 Å². The Hall–Kier alpha value is -0.770. The summed E-state index contributed by atoms with van der Waals surface area (Å²) in [5.41, 5.74) is 6.11. The maximum Gasteiger partial charge on any atom is 0.254 e. The minimum Gasteiger partial charge on any atom is -0.335 e. The van der Waals surface area contributed by atoms with Crippen LogP contribution in [0.1, 0.15) is 10.4 Å². The van der Waals surface area contributed by atoms with Gasteiger partial charge >= 0.3 is 0 Å². The lowest BCUT2D eigenvalue weighted by atomic mass is 10.1. The highest BCUT2D eigenvalue weighted by atomic mass is 35.5. The van der Waals surface area contributed by atoms with Crippen LogP contribution in [0.25, 0.3) is 0 Å². The van der Waals surface area contributed by atoms with Crippen LogP contribution in [0.15, 0.2) is 18.2 Å². The minimum atomic E-state index is -0.0684. The molecule has 0 aromatic heterocycles. The molecule has 3 nitrogen and oxygen atoms in total. The molecular formula is C10H10Cl2N2O. The van der Waals surface area contributed by atoms with E-state index in [0.717, 1.165) is 0 Å². The van der Waals surface area contributed by atoms with Crippen LogP contribution in [0.5, 0.6) is 0 Å². The summed E-state index contributed by atoms with van der Waals surface area (Å²) in [6.45, 7) is 1.20. The first-order valence-corrected chi connectivity index (χ1v) is 5.33. The predicted molar refractivity (Wildman–Crippen MR) is 60.3 cm³/mol. The molecule has 1 amide bonds. The number of halogens is 2. The normalized spacial score (nSPS) is 16.3. The molecule has 80 valence electrons. The monoisotopic (exact) mass is 244 g/mol. The second kappa shape index (κ2) is 4.00. The number of amides is 1. The van der Waals surface area contributed by atoms with Crippen molar-refractivity contribution in [2.24, 2.45) is 5.73 Å². The molecule has 1 aromatic carbocycles. The molecule has 2 rings (SSSR count). The third-order valence-corrected chi connectivity index (χ3v) is 2.74. The molecule has 0 bridgehead atoms. The lowest BCUT2D eigenvalue weighted by Crippen LogP contribution is -2.57. The van der Waals surface area contributed by atoms with E-state index < -0.39 is 0 Å². The molecule has 0 radical (unpaired) electrons. The van der Waals surface area contributed by atoms with Gasteiger partial charge in [0.2, 0.25) is 0 Å². The first kappa shape index (κ1) is 10.7. The van der Waals surface area contributed by atoms with Crippen LogP contribution in [0.4, 0.5) is 0 Å². The van der Waals surface area contributed by atoms with Gasteiger partial charge in [0.15, 0.2) is 0 Å². The quantitative estimate of drug-likeness (QED) is 0.819. The van der Waals surface area contributed by atoms with Crippen molar-refractivity contribution in [2.75, 3.05) is 13.1 Å². The molecule has 0 aliphatic carbocycles. The Kier molecular flexibility index (Phi) is 2.87. The molecule has 1 aromatic rings. The zero-order valence-electron chi connectivity index (χ0n) is 7.91. The fourth-order valence-corrected chi connectivity index (χ4v) is 2.06. The number of likely N-dealkylation sites (tertiary alicyclic amines) is 1. The summed E-state index contributed by atoms with van der Waals surface area (Å²) in [5, 5.41) is 0.936. The van der Waals surface area contributed by atoms with Gasteiger partial charge in [-0.1, -0.05) is 23.2 Å². The number of hydrogen-bond donors (Lipinski definition) is 1. The summed E-state index contributed by atoms with van der Waals surface area (Å²) < 4.78 is 0. The van der Waals surface area contributed by atoms with E-state index in [1.165, 1.54) is 0 Å². The Morgan fingerprint density at radius 1 is 1.27 bits per heavy atom. The highest BCUT2D eigenvalue weighted by Crippen LogP contribution is 2.21. The Morgan fingerprint density at radius 3 is 2.27 bits per heavy atom. The van der Waals surface area contributed by atoms with Crippen molar-refractivity contribution in [2.45, 2.75) is 6.04 Å². The maximum absolute atomic E-state index is 11.8. The van der Waals surface area contributed by atoms with Crippen LogP contribution in [0, 0.1) is 0 Å². The molecule has 2 N–H and O–H groups in total. The van der Waals surface area contributed by atoms with Crippen molar-refractivity contribution >= 4 is 29.1 Å². The number of nitrogens with two attached hydrogens (primary N) is 1. The van der Waals surface area contributed by atoms with Gasteiger partial charge in [-0.05, 0) is 18.2 Å². The fourth-order valence-electron chi connectivity index (χ4n) is 1.54. The van der Waals surface area contributed by atoms with Crippen LogP contribution in [-0.4, -0.2) is 29.9 Å². The third kappa shape index (κ3) is 2.25. The van der Waals surface area contributed by atoms with Gasteiger partial charge in [0.1, 0.15) is 0 Å². The van der Waals surface area contributed by atoms with Crippen molar-refractivity contribution < 1.29 is 4.79 Å². The summed E-state index contributed by atoms with van der Waals surface area (Å²) >= 11 is 11.6. The van der Waals surface area contributed by atoms with Crippen molar-refractivity contribution in [1.29, 1.82) is 0 Å². The molecule has 1 aliphatic heterocycles. The Morgan fingerprint density at radius 2 is 1.80 bits per heavy atom. The van der Waals surface area contributed by atoms with Crippen molar-refractivity contribution in [3.8, 4) is 0 Å². The molecule has 1 heterocycles. The first-order chi connectivity index (χ1) is 7.06. The summed E-state index contributed by atoms with van der Waals surface area (Å²) in [5.74, 6) is -0.0684. The fraction of sp³-hybridized carbons (Fsp3) is 0.300. The van der Waals surface area contributed by atoms with Gasteiger partial charge in [0, 0.05) is 34.7 Å². The first-order valence-electron chi connectivity index (χ1n) is 4.57. The molecule has 1 fully saturated rings. The van der Waals surface area contributed by atoms with E-state index in [0.29, 0.717) is 28.7 Å². The van der Waals surface area contributed by atoms with Gasteiger partial charge in [-0.2, -0.15) is 0 Å². The van der Waals surface area contributed by atoms with Crippen LogP contribution in [0.3, 0.4) is 0 Å². The van der Waals surface area contributed by atoms with Crippen LogP contribution >= 0.6 is 23.2 Å². The predicted octanol–water partition coefficient (Wildman–Crippen LogP) is 1.78. The average Bonchev–Trinajstić information content (AvgIpc) is 2.10. The van der Waals surface area contributed by atoms with Gasteiger partial charge < -0.3 is 10.6 Å². The number of hydrogen-bond acceptors (Lipinski definition) is 2. The summed E-state index contributed by atoms with van der Waals surface area (Å²) in [4.78, 5) is 13.5. The smallest absolute Gasteiger partial charge is 0.254 e.